The Bertz CT molecular complexity index is 493. The molecule has 0 aliphatic carbocycles. The van der Waals surface area contributed by atoms with Crippen molar-refractivity contribution in [2.45, 2.75) is 13.8 Å². The largest absolute Gasteiger partial charge is 0.380 e. The number of rotatable bonds is 7. The molecule has 110 valence electrons. The molecule has 0 saturated carbocycles. The van der Waals surface area contributed by atoms with Crippen LogP contribution in [0.1, 0.15) is 24.2 Å². The van der Waals surface area contributed by atoms with Crippen LogP contribution in [0.5, 0.6) is 0 Å². The van der Waals surface area contributed by atoms with Crippen molar-refractivity contribution >= 4 is 23.2 Å². The molecule has 1 aromatic carbocycles. The molecule has 0 N–H and O–H groups in total. The highest BCUT2D eigenvalue weighted by molar-refractivity contribution is 6.31. The number of carbonyl (C=O) groups is 1. The first-order valence-electron chi connectivity index (χ1n) is 6.32. The number of halogens is 1. The standard InChI is InChI=1S/C13H17ClN2O4/c1-3-15(7-8-20-4-2)13(17)11-9-10(14)5-6-12(11)16(18)19/h5-6,9H,3-4,7-8H2,1-2H3. The number of carbonyl (C=O) groups excluding carboxylic acids is 1. The van der Waals surface area contributed by atoms with Gasteiger partial charge in [-0.3, -0.25) is 14.9 Å². The number of ether oxygens (including phenoxy) is 1. The molecule has 20 heavy (non-hydrogen) atoms. The van der Waals surface area contributed by atoms with E-state index in [2.05, 4.69) is 0 Å². The van der Waals surface area contributed by atoms with E-state index in [9.17, 15) is 14.9 Å². The summed E-state index contributed by atoms with van der Waals surface area (Å²) in [6.07, 6.45) is 0. The first-order chi connectivity index (χ1) is 9.51. The van der Waals surface area contributed by atoms with Gasteiger partial charge in [-0.2, -0.15) is 0 Å². The van der Waals surface area contributed by atoms with Gasteiger partial charge in [-0.25, -0.2) is 0 Å². The summed E-state index contributed by atoms with van der Waals surface area (Å²) in [4.78, 5) is 24.2. The first-order valence-corrected chi connectivity index (χ1v) is 6.70. The lowest BCUT2D eigenvalue weighted by Gasteiger charge is -2.20. The molecule has 0 aliphatic heterocycles. The van der Waals surface area contributed by atoms with Crippen LogP contribution in [0.3, 0.4) is 0 Å². The average molecular weight is 301 g/mol. The van der Waals surface area contributed by atoms with Gasteiger partial charge >= 0.3 is 0 Å². The van der Waals surface area contributed by atoms with E-state index in [1.165, 1.54) is 23.1 Å². The summed E-state index contributed by atoms with van der Waals surface area (Å²) in [6, 6.07) is 3.96. The van der Waals surface area contributed by atoms with Crippen molar-refractivity contribution in [2.75, 3.05) is 26.3 Å². The maximum absolute atomic E-state index is 12.4. The molecule has 6 nitrogen and oxygen atoms in total. The Labute approximate surface area is 122 Å². The van der Waals surface area contributed by atoms with E-state index in [1.807, 2.05) is 6.92 Å². The van der Waals surface area contributed by atoms with Crippen molar-refractivity contribution < 1.29 is 14.5 Å². The van der Waals surface area contributed by atoms with Crippen molar-refractivity contribution in [3.63, 3.8) is 0 Å². The molecule has 0 atom stereocenters. The Hall–Kier alpha value is -1.66. The topological polar surface area (TPSA) is 72.7 Å². The molecule has 0 fully saturated rings. The summed E-state index contributed by atoms with van der Waals surface area (Å²) < 4.78 is 5.20. The summed E-state index contributed by atoms with van der Waals surface area (Å²) in [6.45, 7) is 5.44. The van der Waals surface area contributed by atoms with Crippen LogP contribution < -0.4 is 0 Å². The second-order valence-electron chi connectivity index (χ2n) is 4.00. The van der Waals surface area contributed by atoms with E-state index in [-0.39, 0.29) is 11.3 Å². The first kappa shape index (κ1) is 16.4. The molecular weight excluding hydrogens is 284 g/mol. The van der Waals surface area contributed by atoms with Crippen LogP contribution in [0.2, 0.25) is 5.02 Å². The van der Waals surface area contributed by atoms with E-state index in [0.29, 0.717) is 31.3 Å². The average Bonchev–Trinajstić information content (AvgIpc) is 2.42. The Morgan fingerprint density at radius 1 is 1.45 bits per heavy atom. The zero-order valence-corrected chi connectivity index (χ0v) is 12.2. The third kappa shape index (κ3) is 4.18. The highest BCUT2D eigenvalue weighted by Gasteiger charge is 2.24. The maximum atomic E-state index is 12.4. The fourth-order valence-corrected chi connectivity index (χ4v) is 1.90. The van der Waals surface area contributed by atoms with Gasteiger partial charge in [0.2, 0.25) is 0 Å². The van der Waals surface area contributed by atoms with Crippen LogP contribution in [0.25, 0.3) is 0 Å². The number of hydrogen-bond donors (Lipinski definition) is 0. The molecule has 0 heterocycles. The molecule has 7 heteroatoms. The van der Waals surface area contributed by atoms with Crippen LogP contribution in [-0.2, 0) is 4.74 Å². The van der Waals surface area contributed by atoms with Crippen LogP contribution in [0, 0.1) is 10.1 Å². The molecule has 0 radical (unpaired) electrons. The third-order valence-corrected chi connectivity index (χ3v) is 3.00. The van der Waals surface area contributed by atoms with Gasteiger partial charge in [0.25, 0.3) is 11.6 Å². The zero-order valence-electron chi connectivity index (χ0n) is 11.5. The van der Waals surface area contributed by atoms with Crippen molar-refractivity contribution in [1.29, 1.82) is 0 Å². The van der Waals surface area contributed by atoms with Gasteiger partial charge in [-0.05, 0) is 26.0 Å². The Morgan fingerprint density at radius 3 is 2.70 bits per heavy atom. The van der Waals surface area contributed by atoms with Crippen molar-refractivity contribution in [1.82, 2.24) is 4.90 Å². The number of nitrogens with zero attached hydrogens (tertiary/aromatic N) is 2. The number of nitro benzene ring substituents is 1. The number of likely N-dealkylation sites (N-methyl/N-ethyl adjacent to an activating group) is 1. The molecule has 0 saturated heterocycles. The van der Waals surface area contributed by atoms with Crippen LogP contribution in [0.15, 0.2) is 18.2 Å². The van der Waals surface area contributed by atoms with Gasteiger partial charge in [-0.1, -0.05) is 11.6 Å². The second-order valence-corrected chi connectivity index (χ2v) is 4.44. The van der Waals surface area contributed by atoms with E-state index in [1.54, 1.807) is 6.92 Å². The minimum absolute atomic E-state index is 0.000786. The molecule has 0 aromatic heterocycles. The highest BCUT2D eigenvalue weighted by atomic mass is 35.5. The zero-order chi connectivity index (χ0) is 15.1. The van der Waals surface area contributed by atoms with Crippen LogP contribution in [0.4, 0.5) is 5.69 Å². The van der Waals surface area contributed by atoms with E-state index in [4.69, 9.17) is 16.3 Å². The molecule has 0 bridgehead atoms. The number of hydrogen-bond acceptors (Lipinski definition) is 4. The maximum Gasteiger partial charge on any atom is 0.282 e. The summed E-state index contributed by atoms with van der Waals surface area (Å²) in [5.41, 5.74) is -0.241. The van der Waals surface area contributed by atoms with Gasteiger partial charge in [0, 0.05) is 30.8 Å². The van der Waals surface area contributed by atoms with Crippen LogP contribution in [-0.4, -0.2) is 42.0 Å². The predicted molar refractivity (Wildman–Crippen MR) is 76.2 cm³/mol. The second kappa shape index (κ2) is 7.81. The minimum atomic E-state index is -0.583. The predicted octanol–water partition coefficient (Wildman–Crippen LogP) is 2.75. The minimum Gasteiger partial charge on any atom is -0.380 e. The Kier molecular flexibility index (Phi) is 6.41. The van der Waals surface area contributed by atoms with Gasteiger partial charge in [0.05, 0.1) is 11.5 Å². The van der Waals surface area contributed by atoms with Gasteiger partial charge in [0.1, 0.15) is 5.56 Å². The number of amides is 1. The van der Waals surface area contributed by atoms with Crippen molar-refractivity contribution in [3.05, 3.63) is 38.9 Å². The normalized spacial score (nSPS) is 10.3. The van der Waals surface area contributed by atoms with Crippen LogP contribution >= 0.6 is 11.6 Å². The monoisotopic (exact) mass is 300 g/mol. The lowest BCUT2D eigenvalue weighted by molar-refractivity contribution is -0.385. The van der Waals surface area contributed by atoms with Crippen molar-refractivity contribution in [2.24, 2.45) is 0 Å². The number of nitro groups is 1. The van der Waals surface area contributed by atoms with Gasteiger partial charge < -0.3 is 9.64 Å². The molecule has 0 unspecified atom stereocenters. The SMILES string of the molecule is CCOCCN(CC)C(=O)c1cc(Cl)ccc1[N+](=O)[O-]. The van der Waals surface area contributed by atoms with Crippen molar-refractivity contribution in [3.8, 4) is 0 Å². The summed E-state index contributed by atoms with van der Waals surface area (Å²) in [7, 11) is 0. The molecule has 0 spiro atoms. The number of benzene rings is 1. The molecule has 1 rings (SSSR count). The summed E-state index contributed by atoms with van der Waals surface area (Å²) in [5, 5.41) is 11.3. The molecule has 1 amide bonds. The lowest BCUT2D eigenvalue weighted by Crippen LogP contribution is -2.34. The fourth-order valence-electron chi connectivity index (χ4n) is 1.73. The van der Waals surface area contributed by atoms with E-state index in [0.717, 1.165) is 0 Å². The Morgan fingerprint density at radius 2 is 2.15 bits per heavy atom. The smallest absolute Gasteiger partial charge is 0.282 e. The van der Waals surface area contributed by atoms with Gasteiger partial charge in [-0.15, -0.1) is 0 Å². The molecule has 1 aromatic rings. The fraction of sp³-hybridized carbons (Fsp3) is 0.462. The summed E-state index contributed by atoms with van der Waals surface area (Å²) >= 11 is 5.82. The summed E-state index contributed by atoms with van der Waals surface area (Å²) in [5.74, 6) is -0.415. The van der Waals surface area contributed by atoms with Gasteiger partial charge in [0.15, 0.2) is 0 Å². The highest BCUT2D eigenvalue weighted by Crippen LogP contribution is 2.24. The van der Waals surface area contributed by atoms with E-state index >= 15 is 0 Å². The quantitative estimate of drug-likeness (QED) is 0.441. The third-order valence-electron chi connectivity index (χ3n) is 2.76. The van der Waals surface area contributed by atoms with E-state index < -0.39 is 10.8 Å². The molecule has 0 aliphatic rings. The Balaban J connectivity index is 2.99. The lowest BCUT2D eigenvalue weighted by atomic mass is 10.1. The molecular formula is C13H17ClN2O4.